The van der Waals surface area contributed by atoms with Gasteiger partial charge in [0.25, 0.3) is 0 Å². The molecule has 0 radical (unpaired) electrons. The third kappa shape index (κ3) is 3.66. The molecule has 7 heteroatoms. The fraction of sp³-hybridized carbons (Fsp3) is 0.400. The van der Waals surface area contributed by atoms with E-state index in [1.807, 2.05) is 4.52 Å². The molecule has 32 heavy (non-hydrogen) atoms. The molecule has 0 atom stereocenters. The molecule has 1 aliphatic rings. The summed E-state index contributed by atoms with van der Waals surface area (Å²) in [5, 5.41) is 8.37. The molecule has 0 saturated carbocycles. The second-order valence-corrected chi connectivity index (χ2v) is 8.80. The molecule has 1 aromatic carbocycles. The summed E-state index contributed by atoms with van der Waals surface area (Å²) in [5.74, 6) is 0.633. The molecule has 4 heterocycles. The van der Waals surface area contributed by atoms with Crippen LogP contribution >= 0.6 is 0 Å². The van der Waals surface area contributed by atoms with Crippen molar-refractivity contribution in [3.8, 4) is 11.3 Å². The van der Waals surface area contributed by atoms with E-state index in [-0.39, 0.29) is 5.91 Å². The van der Waals surface area contributed by atoms with Gasteiger partial charge in [-0.3, -0.25) is 9.69 Å². The van der Waals surface area contributed by atoms with Crippen LogP contribution < -0.4 is 5.32 Å². The van der Waals surface area contributed by atoms with Crippen molar-refractivity contribution >= 4 is 22.5 Å². The summed E-state index contributed by atoms with van der Waals surface area (Å²) in [7, 11) is 1.70. The van der Waals surface area contributed by atoms with Gasteiger partial charge in [-0.2, -0.15) is 5.10 Å². The van der Waals surface area contributed by atoms with E-state index in [1.165, 1.54) is 27.7 Å². The minimum atomic E-state index is 0.0941. The van der Waals surface area contributed by atoms with Crippen LogP contribution in [-0.4, -0.2) is 57.1 Å². The summed E-state index contributed by atoms with van der Waals surface area (Å²) in [6.07, 6.45) is 6.79. The number of piperidine rings is 1. The molecular formula is C25H30N6O. The molecule has 2 N–H and O–H groups in total. The van der Waals surface area contributed by atoms with Crippen molar-refractivity contribution < 1.29 is 4.79 Å². The zero-order valence-electron chi connectivity index (χ0n) is 19.0. The number of rotatable bonds is 5. The number of benzene rings is 1. The molecule has 0 unspecified atom stereocenters. The fourth-order valence-electron chi connectivity index (χ4n) is 5.07. The summed E-state index contributed by atoms with van der Waals surface area (Å²) < 4.78 is 1.85. The third-order valence-corrected chi connectivity index (χ3v) is 6.84. The van der Waals surface area contributed by atoms with Crippen molar-refractivity contribution in [2.24, 2.45) is 0 Å². The Labute approximate surface area is 187 Å². The van der Waals surface area contributed by atoms with Crippen molar-refractivity contribution in [1.29, 1.82) is 0 Å². The average molecular weight is 431 g/mol. The van der Waals surface area contributed by atoms with Crippen LogP contribution in [0.3, 0.4) is 0 Å². The Balaban J connectivity index is 1.45. The SMILES string of the molecule is CCc1c(-c2cc(C)c3ncnn3c2)[nH]c2ccc(C3CCN(CC(=O)NC)CC3)cc12. The van der Waals surface area contributed by atoms with Crippen LogP contribution in [-0.2, 0) is 11.2 Å². The van der Waals surface area contributed by atoms with Gasteiger partial charge >= 0.3 is 0 Å². The Kier molecular flexibility index (Phi) is 5.43. The molecule has 7 nitrogen and oxygen atoms in total. The van der Waals surface area contributed by atoms with Crippen LogP contribution in [0, 0.1) is 6.92 Å². The lowest BCUT2D eigenvalue weighted by Gasteiger charge is -2.31. The lowest BCUT2D eigenvalue weighted by atomic mass is 9.88. The second kappa shape index (κ2) is 8.39. The van der Waals surface area contributed by atoms with Gasteiger partial charge in [-0.1, -0.05) is 13.0 Å². The highest BCUT2D eigenvalue weighted by molar-refractivity contribution is 5.91. The number of carbonyl (C=O) groups excluding carboxylic acids is 1. The lowest BCUT2D eigenvalue weighted by molar-refractivity contribution is -0.122. The van der Waals surface area contributed by atoms with Crippen molar-refractivity contribution in [1.82, 2.24) is 29.8 Å². The number of H-pyrrole nitrogens is 1. The van der Waals surface area contributed by atoms with Crippen molar-refractivity contribution in [3.05, 3.63) is 53.5 Å². The number of aromatic nitrogens is 4. The number of nitrogens with zero attached hydrogens (tertiary/aromatic N) is 4. The largest absolute Gasteiger partial charge is 0.358 e. The fourth-order valence-corrected chi connectivity index (χ4v) is 5.07. The Hall–Kier alpha value is -3.19. The maximum Gasteiger partial charge on any atom is 0.233 e. The Morgan fingerprint density at radius 2 is 2.06 bits per heavy atom. The summed E-state index contributed by atoms with van der Waals surface area (Å²) in [6.45, 7) is 6.73. The zero-order chi connectivity index (χ0) is 22.2. The highest BCUT2D eigenvalue weighted by atomic mass is 16.1. The summed E-state index contributed by atoms with van der Waals surface area (Å²) in [4.78, 5) is 21.9. The van der Waals surface area contributed by atoms with Crippen LogP contribution in [0.1, 0.15) is 42.4 Å². The molecule has 1 aliphatic heterocycles. The molecule has 166 valence electrons. The number of amides is 1. The number of pyridine rings is 1. The normalized spacial score (nSPS) is 15.6. The molecule has 1 saturated heterocycles. The smallest absolute Gasteiger partial charge is 0.233 e. The topological polar surface area (TPSA) is 78.3 Å². The van der Waals surface area contributed by atoms with Crippen LogP contribution in [0.4, 0.5) is 0 Å². The van der Waals surface area contributed by atoms with E-state index >= 15 is 0 Å². The van der Waals surface area contributed by atoms with E-state index in [2.05, 4.69) is 69.6 Å². The highest BCUT2D eigenvalue weighted by Gasteiger charge is 2.23. The minimum Gasteiger partial charge on any atom is -0.358 e. The number of likely N-dealkylation sites (N-methyl/N-ethyl adjacent to an activating group) is 1. The number of fused-ring (bicyclic) bond motifs is 2. The number of likely N-dealkylation sites (tertiary alicyclic amines) is 1. The van der Waals surface area contributed by atoms with Crippen LogP contribution in [0.5, 0.6) is 0 Å². The van der Waals surface area contributed by atoms with Crippen molar-refractivity contribution in [3.63, 3.8) is 0 Å². The highest BCUT2D eigenvalue weighted by Crippen LogP contribution is 2.35. The zero-order valence-corrected chi connectivity index (χ0v) is 19.0. The minimum absolute atomic E-state index is 0.0941. The van der Waals surface area contributed by atoms with Crippen LogP contribution in [0.25, 0.3) is 27.8 Å². The second-order valence-electron chi connectivity index (χ2n) is 8.80. The number of carbonyl (C=O) groups is 1. The third-order valence-electron chi connectivity index (χ3n) is 6.84. The first-order chi connectivity index (χ1) is 15.6. The molecule has 0 aliphatic carbocycles. The average Bonchev–Trinajstić information content (AvgIpc) is 3.43. The van der Waals surface area contributed by atoms with Crippen LogP contribution in [0.2, 0.25) is 0 Å². The van der Waals surface area contributed by atoms with E-state index in [0.717, 1.165) is 49.1 Å². The predicted molar refractivity (Wildman–Crippen MR) is 127 cm³/mol. The molecule has 0 spiro atoms. The summed E-state index contributed by atoms with van der Waals surface area (Å²) >= 11 is 0. The van der Waals surface area contributed by atoms with Gasteiger partial charge in [0, 0.05) is 29.7 Å². The van der Waals surface area contributed by atoms with E-state index in [0.29, 0.717) is 12.5 Å². The number of aromatic amines is 1. The number of nitrogens with one attached hydrogen (secondary N) is 2. The van der Waals surface area contributed by atoms with Gasteiger partial charge in [0.15, 0.2) is 5.65 Å². The Morgan fingerprint density at radius 3 is 2.81 bits per heavy atom. The number of aryl methyl sites for hydroxylation is 2. The molecule has 1 fully saturated rings. The molecule has 0 bridgehead atoms. The predicted octanol–water partition coefficient (Wildman–Crippen LogP) is 3.67. The number of hydrogen-bond donors (Lipinski definition) is 2. The van der Waals surface area contributed by atoms with Gasteiger partial charge in [0.2, 0.25) is 5.91 Å². The van der Waals surface area contributed by atoms with Gasteiger partial charge in [-0.05, 0) is 80.1 Å². The first-order valence-electron chi connectivity index (χ1n) is 11.4. The van der Waals surface area contributed by atoms with Gasteiger partial charge in [-0.15, -0.1) is 0 Å². The summed E-state index contributed by atoms with van der Waals surface area (Å²) in [6, 6.07) is 9.07. The molecule has 5 rings (SSSR count). The lowest BCUT2D eigenvalue weighted by Crippen LogP contribution is -2.40. The Bertz CT molecular complexity index is 1280. The van der Waals surface area contributed by atoms with E-state index in [9.17, 15) is 4.79 Å². The van der Waals surface area contributed by atoms with Gasteiger partial charge < -0.3 is 10.3 Å². The van der Waals surface area contributed by atoms with E-state index in [1.54, 1.807) is 13.4 Å². The Morgan fingerprint density at radius 1 is 1.25 bits per heavy atom. The first kappa shape index (κ1) is 20.7. The monoisotopic (exact) mass is 430 g/mol. The van der Waals surface area contributed by atoms with Gasteiger partial charge in [-0.25, -0.2) is 9.50 Å². The van der Waals surface area contributed by atoms with E-state index in [4.69, 9.17) is 0 Å². The summed E-state index contributed by atoms with van der Waals surface area (Å²) in [5.41, 5.74) is 8.24. The quantitative estimate of drug-likeness (QED) is 0.506. The van der Waals surface area contributed by atoms with Crippen molar-refractivity contribution in [2.75, 3.05) is 26.7 Å². The first-order valence-corrected chi connectivity index (χ1v) is 11.4. The molecule has 3 aromatic heterocycles. The maximum atomic E-state index is 11.7. The van der Waals surface area contributed by atoms with Gasteiger partial charge in [0.1, 0.15) is 6.33 Å². The van der Waals surface area contributed by atoms with Crippen molar-refractivity contribution in [2.45, 2.75) is 39.0 Å². The van der Waals surface area contributed by atoms with E-state index < -0.39 is 0 Å². The standard InChI is InChI=1S/C25H30N6O/c1-4-20-21-12-18(17-7-9-30(10-8-17)14-23(32)26-3)5-6-22(21)29-24(20)19-11-16(2)25-27-15-28-31(25)13-19/h5-6,11-13,15,17,29H,4,7-10,14H2,1-3H3,(H,26,32). The molecular weight excluding hydrogens is 400 g/mol. The molecule has 1 amide bonds. The van der Waals surface area contributed by atoms with Crippen LogP contribution in [0.15, 0.2) is 36.8 Å². The number of hydrogen-bond acceptors (Lipinski definition) is 4. The molecule has 4 aromatic rings. The maximum absolute atomic E-state index is 11.7. The van der Waals surface area contributed by atoms with Gasteiger partial charge in [0.05, 0.1) is 12.2 Å².